The van der Waals surface area contributed by atoms with Crippen LogP contribution in [0.4, 0.5) is 11.4 Å². The minimum Gasteiger partial charge on any atom is -0.491 e. The highest BCUT2D eigenvalue weighted by atomic mass is 16.5. The van der Waals surface area contributed by atoms with E-state index in [1.165, 1.54) is 5.56 Å². The number of rotatable bonds is 4. The predicted molar refractivity (Wildman–Crippen MR) is 80.6 cm³/mol. The average Bonchev–Trinajstić information content (AvgIpc) is 2.49. The number of nitrogens with two attached hydrogens (primary N) is 1. The molecule has 0 radical (unpaired) electrons. The lowest BCUT2D eigenvalue weighted by Crippen LogP contribution is -2.25. The molecule has 108 valence electrons. The quantitative estimate of drug-likeness (QED) is 0.844. The standard InChI is InChI=1S/C16H16N2O3/c17-12-8-15-13(18-16(19)10-21-15)9-14(12)20-7-6-11-4-2-1-3-5-11/h1-5,8-9H,6-7,10,17H2,(H,18,19). The van der Waals surface area contributed by atoms with Gasteiger partial charge in [0.25, 0.3) is 5.91 Å². The molecule has 2 aromatic carbocycles. The van der Waals surface area contributed by atoms with Gasteiger partial charge >= 0.3 is 0 Å². The highest BCUT2D eigenvalue weighted by Crippen LogP contribution is 2.36. The summed E-state index contributed by atoms with van der Waals surface area (Å²) in [6.45, 7) is 0.530. The van der Waals surface area contributed by atoms with Crippen LogP contribution in [-0.2, 0) is 11.2 Å². The molecule has 5 nitrogen and oxygen atoms in total. The number of hydrogen-bond donors (Lipinski definition) is 2. The van der Waals surface area contributed by atoms with E-state index >= 15 is 0 Å². The Kier molecular flexibility index (Phi) is 3.64. The summed E-state index contributed by atoms with van der Waals surface area (Å²) in [6, 6.07) is 13.4. The molecule has 1 amide bonds. The van der Waals surface area contributed by atoms with Crippen molar-refractivity contribution in [1.29, 1.82) is 0 Å². The Bertz CT molecular complexity index is 656. The smallest absolute Gasteiger partial charge is 0.262 e. The van der Waals surface area contributed by atoms with E-state index in [0.717, 1.165) is 6.42 Å². The average molecular weight is 284 g/mol. The second-order valence-corrected chi connectivity index (χ2v) is 4.81. The zero-order valence-corrected chi connectivity index (χ0v) is 11.5. The summed E-state index contributed by atoms with van der Waals surface area (Å²) in [5.74, 6) is 0.945. The highest BCUT2D eigenvalue weighted by molar-refractivity contribution is 5.96. The number of nitrogens with one attached hydrogen (secondary N) is 1. The van der Waals surface area contributed by atoms with E-state index in [2.05, 4.69) is 5.32 Å². The number of hydrogen-bond acceptors (Lipinski definition) is 4. The molecule has 3 N–H and O–H groups in total. The van der Waals surface area contributed by atoms with Crippen LogP contribution >= 0.6 is 0 Å². The summed E-state index contributed by atoms with van der Waals surface area (Å²) in [5, 5.41) is 2.74. The third-order valence-electron chi connectivity index (χ3n) is 3.24. The van der Waals surface area contributed by atoms with Crippen LogP contribution in [0.2, 0.25) is 0 Å². The molecule has 21 heavy (non-hydrogen) atoms. The van der Waals surface area contributed by atoms with Crippen LogP contribution in [0.5, 0.6) is 11.5 Å². The number of nitrogen functional groups attached to an aromatic ring is 1. The van der Waals surface area contributed by atoms with Gasteiger partial charge in [0, 0.05) is 18.6 Å². The number of carbonyl (C=O) groups is 1. The molecule has 0 aliphatic carbocycles. The zero-order valence-electron chi connectivity index (χ0n) is 11.5. The van der Waals surface area contributed by atoms with Gasteiger partial charge in [-0.3, -0.25) is 4.79 Å². The van der Waals surface area contributed by atoms with Gasteiger partial charge in [0.15, 0.2) is 6.61 Å². The van der Waals surface area contributed by atoms with Crippen LogP contribution in [0, 0.1) is 0 Å². The van der Waals surface area contributed by atoms with Crippen LogP contribution in [0.15, 0.2) is 42.5 Å². The van der Waals surface area contributed by atoms with Crippen molar-refractivity contribution >= 4 is 17.3 Å². The van der Waals surface area contributed by atoms with Gasteiger partial charge in [-0.2, -0.15) is 0 Å². The maximum absolute atomic E-state index is 11.3. The second kappa shape index (κ2) is 5.75. The maximum Gasteiger partial charge on any atom is 0.262 e. The molecule has 3 rings (SSSR count). The van der Waals surface area contributed by atoms with Crippen LogP contribution < -0.4 is 20.5 Å². The summed E-state index contributed by atoms with van der Waals surface area (Å²) in [6.07, 6.45) is 0.792. The monoisotopic (exact) mass is 284 g/mol. The molecular weight excluding hydrogens is 268 g/mol. The molecule has 0 atom stereocenters. The van der Waals surface area contributed by atoms with Crippen molar-refractivity contribution in [2.24, 2.45) is 0 Å². The lowest BCUT2D eigenvalue weighted by Gasteiger charge is -2.20. The molecule has 1 aliphatic heterocycles. The number of amides is 1. The third-order valence-corrected chi connectivity index (χ3v) is 3.24. The van der Waals surface area contributed by atoms with Crippen molar-refractivity contribution in [3.63, 3.8) is 0 Å². The summed E-state index contributed by atoms with van der Waals surface area (Å²) < 4.78 is 11.0. The molecule has 5 heteroatoms. The fourth-order valence-corrected chi connectivity index (χ4v) is 2.17. The number of ether oxygens (including phenoxy) is 2. The predicted octanol–water partition coefficient (Wildman–Crippen LogP) is 2.22. The maximum atomic E-state index is 11.3. The minimum absolute atomic E-state index is 0.0145. The second-order valence-electron chi connectivity index (χ2n) is 4.81. The summed E-state index contributed by atoms with van der Waals surface area (Å²) in [7, 11) is 0. The van der Waals surface area contributed by atoms with Gasteiger partial charge in [-0.15, -0.1) is 0 Å². The first-order chi connectivity index (χ1) is 10.2. The van der Waals surface area contributed by atoms with Crippen molar-refractivity contribution < 1.29 is 14.3 Å². The Morgan fingerprint density at radius 1 is 1.24 bits per heavy atom. The first kappa shape index (κ1) is 13.3. The van der Waals surface area contributed by atoms with E-state index in [4.69, 9.17) is 15.2 Å². The third kappa shape index (κ3) is 3.08. The lowest BCUT2D eigenvalue weighted by molar-refractivity contribution is -0.118. The van der Waals surface area contributed by atoms with Gasteiger partial charge in [0.1, 0.15) is 11.5 Å². The highest BCUT2D eigenvalue weighted by Gasteiger charge is 2.18. The van der Waals surface area contributed by atoms with Gasteiger partial charge in [0.05, 0.1) is 18.0 Å². The molecule has 0 unspecified atom stereocenters. The van der Waals surface area contributed by atoms with Crippen molar-refractivity contribution in [2.45, 2.75) is 6.42 Å². The van der Waals surface area contributed by atoms with E-state index in [1.54, 1.807) is 12.1 Å². The number of carbonyl (C=O) groups excluding carboxylic acids is 1. The molecule has 0 saturated carbocycles. The molecule has 1 heterocycles. The van der Waals surface area contributed by atoms with E-state index in [9.17, 15) is 4.79 Å². The molecular formula is C16H16N2O3. The molecule has 0 bridgehead atoms. The van der Waals surface area contributed by atoms with E-state index in [1.807, 2.05) is 30.3 Å². The molecule has 1 aliphatic rings. The summed E-state index contributed by atoms with van der Waals surface area (Å²) in [4.78, 5) is 11.3. The largest absolute Gasteiger partial charge is 0.491 e. The first-order valence-electron chi connectivity index (χ1n) is 6.75. The van der Waals surface area contributed by atoms with Gasteiger partial charge in [0.2, 0.25) is 0 Å². The molecule has 2 aromatic rings. The summed E-state index contributed by atoms with van der Waals surface area (Å²) >= 11 is 0. The van der Waals surface area contributed by atoms with Crippen molar-refractivity contribution in [3.05, 3.63) is 48.0 Å². The van der Waals surface area contributed by atoms with Crippen molar-refractivity contribution in [3.8, 4) is 11.5 Å². The van der Waals surface area contributed by atoms with Crippen LogP contribution in [0.3, 0.4) is 0 Å². The van der Waals surface area contributed by atoms with E-state index < -0.39 is 0 Å². The van der Waals surface area contributed by atoms with Gasteiger partial charge in [-0.1, -0.05) is 30.3 Å². The molecule has 0 spiro atoms. The Morgan fingerprint density at radius 3 is 2.86 bits per heavy atom. The van der Waals surface area contributed by atoms with Crippen LogP contribution in [0.1, 0.15) is 5.56 Å². The van der Waals surface area contributed by atoms with Gasteiger partial charge in [-0.05, 0) is 5.56 Å². The Labute approximate surface area is 122 Å². The van der Waals surface area contributed by atoms with Gasteiger partial charge in [-0.25, -0.2) is 0 Å². The van der Waals surface area contributed by atoms with Crippen LogP contribution in [-0.4, -0.2) is 19.1 Å². The Balaban J connectivity index is 1.68. The Morgan fingerprint density at radius 2 is 2.05 bits per heavy atom. The molecule has 0 saturated heterocycles. The topological polar surface area (TPSA) is 73.6 Å². The number of anilines is 2. The molecule has 0 fully saturated rings. The molecule has 0 aromatic heterocycles. The van der Waals surface area contributed by atoms with E-state index in [-0.39, 0.29) is 12.5 Å². The SMILES string of the molecule is Nc1cc2c(cc1OCCc1ccccc1)NC(=O)CO2. The fourth-order valence-electron chi connectivity index (χ4n) is 2.17. The first-order valence-corrected chi connectivity index (χ1v) is 6.75. The summed E-state index contributed by atoms with van der Waals surface area (Å²) in [5.41, 5.74) is 8.23. The Hall–Kier alpha value is -2.69. The zero-order chi connectivity index (χ0) is 14.7. The minimum atomic E-state index is -0.178. The normalized spacial score (nSPS) is 13.0. The van der Waals surface area contributed by atoms with Crippen molar-refractivity contribution in [2.75, 3.05) is 24.3 Å². The fraction of sp³-hybridized carbons (Fsp3) is 0.188. The number of benzene rings is 2. The van der Waals surface area contributed by atoms with E-state index in [0.29, 0.717) is 29.5 Å². The lowest BCUT2D eigenvalue weighted by atomic mass is 10.2. The van der Waals surface area contributed by atoms with Crippen LogP contribution in [0.25, 0.3) is 0 Å². The van der Waals surface area contributed by atoms with Gasteiger partial charge < -0.3 is 20.5 Å². The number of fused-ring (bicyclic) bond motifs is 1. The van der Waals surface area contributed by atoms with Crippen molar-refractivity contribution in [1.82, 2.24) is 0 Å².